The van der Waals surface area contributed by atoms with Crippen molar-refractivity contribution >= 4 is 11.3 Å². The molecule has 3 heterocycles. The first-order chi connectivity index (χ1) is 16.1. The molecule has 170 valence electrons. The fraction of sp³-hybridized carbons (Fsp3) is 0.280. The molecule has 0 unspecified atom stereocenters. The molecule has 0 aliphatic carbocycles. The van der Waals surface area contributed by atoms with Crippen molar-refractivity contribution in [2.45, 2.75) is 31.2 Å². The predicted octanol–water partition coefficient (Wildman–Crippen LogP) is 4.70. The van der Waals surface area contributed by atoms with Gasteiger partial charge in [0.05, 0.1) is 25.5 Å². The molecule has 1 saturated heterocycles. The minimum absolute atomic E-state index is 0.0735. The lowest BCUT2D eigenvalue weighted by Gasteiger charge is -2.42. The molecule has 1 aliphatic heterocycles. The average Bonchev–Trinajstić information content (AvgIpc) is 3.53. The molecular weight excluding hydrogens is 439 g/mol. The van der Waals surface area contributed by atoms with Gasteiger partial charge in [-0.25, -0.2) is 9.07 Å². The molecule has 1 N–H and O–H groups in total. The molecular formula is C25H25FN4O2S. The highest BCUT2D eigenvalue weighted by molar-refractivity contribution is 7.09. The van der Waals surface area contributed by atoms with Crippen LogP contribution in [0.2, 0.25) is 0 Å². The van der Waals surface area contributed by atoms with Crippen LogP contribution < -0.4 is 4.74 Å². The van der Waals surface area contributed by atoms with Crippen LogP contribution in [-0.2, 0) is 6.54 Å². The maximum absolute atomic E-state index is 13.3. The highest BCUT2D eigenvalue weighted by atomic mass is 32.1. The number of aromatic nitrogens is 3. The van der Waals surface area contributed by atoms with Gasteiger partial charge in [-0.05, 0) is 59.8 Å². The van der Waals surface area contributed by atoms with E-state index < -0.39 is 6.10 Å². The van der Waals surface area contributed by atoms with Crippen LogP contribution in [0.1, 0.15) is 28.9 Å². The molecule has 0 radical (unpaired) electrons. The Morgan fingerprint density at radius 2 is 1.91 bits per heavy atom. The fourth-order valence-corrected chi connectivity index (χ4v) is 5.16. The number of thiophene rings is 1. The standard InChI is InChI=1S/C25H25FN4O2S/c1-32-20-10-6-18(7-11-20)23-13-25(31)24(16-29(23)14-21-3-2-12-33-21)30-15-22(27-28-30)17-4-8-19(26)9-5-17/h2-12,15,23-25,31H,13-14,16H2,1H3/t23-,24+,25+/m1/s1. The van der Waals surface area contributed by atoms with E-state index in [4.69, 9.17) is 4.74 Å². The van der Waals surface area contributed by atoms with Crippen molar-refractivity contribution in [3.05, 3.63) is 88.5 Å². The summed E-state index contributed by atoms with van der Waals surface area (Å²) in [6, 6.07) is 18.3. The Hall–Kier alpha value is -3.07. The first kappa shape index (κ1) is 21.8. The van der Waals surface area contributed by atoms with Gasteiger partial charge in [0.15, 0.2) is 0 Å². The van der Waals surface area contributed by atoms with Gasteiger partial charge in [0.25, 0.3) is 0 Å². The summed E-state index contributed by atoms with van der Waals surface area (Å²) >= 11 is 1.73. The van der Waals surface area contributed by atoms with Gasteiger partial charge in [0, 0.05) is 29.6 Å². The van der Waals surface area contributed by atoms with Crippen LogP contribution in [-0.4, -0.2) is 44.8 Å². The number of hydrogen-bond donors (Lipinski definition) is 1. The highest BCUT2D eigenvalue weighted by Crippen LogP contribution is 2.37. The third-order valence-corrected chi connectivity index (χ3v) is 7.06. The molecule has 0 saturated carbocycles. The molecule has 0 bridgehead atoms. The van der Waals surface area contributed by atoms with Crippen LogP contribution in [0.4, 0.5) is 4.39 Å². The third kappa shape index (κ3) is 4.68. The van der Waals surface area contributed by atoms with Crippen molar-refractivity contribution in [2.24, 2.45) is 0 Å². The number of likely N-dealkylation sites (tertiary alicyclic amines) is 1. The number of methoxy groups -OCH3 is 1. The van der Waals surface area contributed by atoms with E-state index in [1.165, 1.54) is 17.0 Å². The van der Waals surface area contributed by atoms with E-state index >= 15 is 0 Å². The summed E-state index contributed by atoms with van der Waals surface area (Å²) in [6.45, 7) is 1.42. The van der Waals surface area contributed by atoms with Crippen molar-refractivity contribution in [1.82, 2.24) is 19.9 Å². The minimum atomic E-state index is -0.584. The third-order valence-electron chi connectivity index (χ3n) is 6.20. The summed E-state index contributed by atoms with van der Waals surface area (Å²) in [6.07, 6.45) is 1.83. The largest absolute Gasteiger partial charge is 0.497 e. The highest BCUT2D eigenvalue weighted by Gasteiger charge is 2.37. The maximum atomic E-state index is 13.3. The topological polar surface area (TPSA) is 63.4 Å². The number of piperidine rings is 1. The van der Waals surface area contributed by atoms with Crippen LogP contribution in [0.25, 0.3) is 11.3 Å². The van der Waals surface area contributed by atoms with Gasteiger partial charge in [-0.15, -0.1) is 16.4 Å². The van der Waals surface area contributed by atoms with Gasteiger partial charge >= 0.3 is 0 Å². The minimum Gasteiger partial charge on any atom is -0.497 e. The Labute approximate surface area is 195 Å². The molecule has 1 fully saturated rings. The van der Waals surface area contributed by atoms with E-state index in [2.05, 4.69) is 44.9 Å². The second kappa shape index (κ2) is 9.43. The zero-order valence-corrected chi connectivity index (χ0v) is 19.0. The first-order valence-corrected chi connectivity index (χ1v) is 11.7. The number of nitrogens with zero attached hydrogens (tertiary/aromatic N) is 4. The summed E-state index contributed by atoms with van der Waals surface area (Å²) in [4.78, 5) is 3.67. The maximum Gasteiger partial charge on any atom is 0.123 e. The summed E-state index contributed by atoms with van der Waals surface area (Å²) in [5.41, 5.74) is 2.60. The second-order valence-corrected chi connectivity index (χ2v) is 9.29. The zero-order chi connectivity index (χ0) is 22.8. The fourth-order valence-electron chi connectivity index (χ4n) is 4.43. The molecule has 8 heteroatoms. The van der Waals surface area contributed by atoms with Gasteiger partial charge in [-0.2, -0.15) is 0 Å². The number of hydrogen-bond acceptors (Lipinski definition) is 6. The molecule has 33 heavy (non-hydrogen) atoms. The molecule has 5 rings (SSSR count). The van der Waals surface area contributed by atoms with Gasteiger partial charge in [0.1, 0.15) is 17.3 Å². The smallest absolute Gasteiger partial charge is 0.123 e. The van der Waals surface area contributed by atoms with Crippen molar-refractivity contribution in [3.8, 4) is 17.0 Å². The Balaban J connectivity index is 1.41. The van der Waals surface area contributed by atoms with Crippen LogP contribution in [0.15, 0.2) is 72.2 Å². The lowest BCUT2D eigenvalue weighted by atomic mass is 9.90. The van der Waals surface area contributed by atoms with E-state index in [0.29, 0.717) is 18.7 Å². The number of benzene rings is 2. The van der Waals surface area contributed by atoms with Crippen LogP contribution >= 0.6 is 11.3 Å². The Bertz CT molecular complexity index is 1180. The lowest BCUT2D eigenvalue weighted by Crippen LogP contribution is -2.45. The van der Waals surface area contributed by atoms with Gasteiger partial charge in [-0.1, -0.05) is 23.4 Å². The van der Waals surface area contributed by atoms with E-state index in [0.717, 1.165) is 23.4 Å². The number of rotatable bonds is 6. The van der Waals surface area contributed by atoms with E-state index in [1.54, 1.807) is 35.3 Å². The van der Waals surface area contributed by atoms with Crippen LogP contribution in [0.5, 0.6) is 5.75 Å². The predicted molar refractivity (Wildman–Crippen MR) is 126 cm³/mol. The van der Waals surface area contributed by atoms with Crippen molar-refractivity contribution in [1.29, 1.82) is 0 Å². The second-order valence-electron chi connectivity index (χ2n) is 8.26. The van der Waals surface area contributed by atoms with E-state index in [-0.39, 0.29) is 17.9 Å². The lowest BCUT2D eigenvalue weighted by molar-refractivity contribution is -0.0105. The Morgan fingerprint density at radius 1 is 1.12 bits per heavy atom. The average molecular weight is 465 g/mol. The Morgan fingerprint density at radius 3 is 2.61 bits per heavy atom. The molecule has 3 atom stereocenters. The number of aliphatic hydroxyl groups excluding tert-OH is 1. The summed E-state index contributed by atoms with van der Waals surface area (Å²) in [7, 11) is 1.66. The first-order valence-electron chi connectivity index (χ1n) is 10.9. The number of aliphatic hydroxyl groups is 1. The molecule has 1 aliphatic rings. The van der Waals surface area contributed by atoms with Gasteiger partial charge in [0.2, 0.25) is 0 Å². The monoisotopic (exact) mass is 464 g/mol. The summed E-state index contributed by atoms with van der Waals surface area (Å²) in [5.74, 6) is 0.524. The zero-order valence-electron chi connectivity index (χ0n) is 18.2. The van der Waals surface area contributed by atoms with Crippen LogP contribution in [0.3, 0.4) is 0 Å². The van der Waals surface area contributed by atoms with Crippen molar-refractivity contribution in [3.63, 3.8) is 0 Å². The molecule has 6 nitrogen and oxygen atoms in total. The Kier molecular flexibility index (Phi) is 6.22. The summed E-state index contributed by atoms with van der Waals surface area (Å²) < 4.78 is 20.3. The van der Waals surface area contributed by atoms with Crippen molar-refractivity contribution < 1.29 is 14.2 Å². The number of ether oxygens (including phenoxy) is 1. The molecule has 2 aromatic carbocycles. The van der Waals surface area contributed by atoms with E-state index in [9.17, 15) is 9.50 Å². The van der Waals surface area contributed by atoms with Gasteiger partial charge < -0.3 is 9.84 Å². The molecule has 0 amide bonds. The molecule has 4 aromatic rings. The summed E-state index contributed by atoms with van der Waals surface area (Å²) in [5, 5.41) is 21.8. The SMILES string of the molecule is COc1ccc([C@H]2C[C@H](O)[C@@H](n3cc(-c4ccc(F)cc4)nn3)CN2Cc2cccs2)cc1. The van der Waals surface area contributed by atoms with E-state index in [1.807, 2.05) is 18.3 Å². The quantitative estimate of drug-likeness (QED) is 0.448. The van der Waals surface area contributed by atoms with Gasteiger partial charge in [-0.3, -0.25) is 4.90 Å². The number of halogens is 1. The van der Waals surface area contributed by atoms with Crippen molar-refractivity contribution in [2.75, 3.05) is 13.7 Å². The van der Waals surface area contributed by atoms with Crippen LogP contribution in [0, 0.1) is 5.82 Å². The molecule has 2 aromatic heterocycles. The normalized spacial score (nSPS) is 21.2. The molecule has 0 spiro atoms.